The van der Waals surface area contributed by atoms with E-state index in [-0.39, 0.29) is 6.54 Å². The number of rotatable bonds is 6. The summed E-state index contributed by atoms with van der Waals surface area (Å²) in [5, 5.41) is 22.9. The highest BCUT2D eigenvalue weighted by Gasteiger charge is 2.31. The Morgan fingerprint density at radius 2 is 1.95 bits per heavy atom. The topological polar surface area (TPSA) is 102 Å². The van der Waals surface area contributed by atoms with E-state index in [4.69, 9.17) is 10.4 Å². The Morgan fingerprint density at radius 3 is 2.43 bits per heavy atom. The molecule has 0 radical (unpaired) electrons. The number of hydrogen-bond donors (Lipinski definition) is 3. The number of nitrogens with one attached hydrogen (secondary N) is 2. The summed E-state index contributed by atoms with van der Waals surface area (Å²) in [4.78, 5) is 22.9. The molecule has 1 aromatic rings. The van der Waals surface area contributed by atoms with Crippen molar-refractivity contribution in [2.45, 2.75) is 26.7 Å². The molecule has 0 spiro atoms. The molecule has 112 valence electrons. The maximum Gasteiger partial charge on any atom is 0.319 e. The van der Waals surface area contributed by atoms with Crippen LogP contribution in [0, 0.1) is 16.7 Å². The van der Waals surface area contributed by atoms with E-state index in [2.05, 4.69) is 10.6 Å². The van der Waals surface area contributed by atoms with Crippen molar-refractivity contribution >= 4 is 17.7 Å². The highest BCUT2D eigenvalue weighted by Crippen LogP contribution is 2.20. The maximum absolute atomic E-state index is 11.7. The summed E-state index contributed by atoms with van der Waals surface area (Å²) in [6.45, 7) is 3.41. The number of urea groups is 1. The smallest absolute Gasteiger partial charge is 0.319 e. The average molecular weight is 289 g/mol. The molecule has 1 unspecified atom stereocenters. The van der Waals surface area contributed by atoms with Gasteiger partial charge in [-0.15, -0.1) is 0 Å². The molecular formula is C15H19N3O3. The number of benzene rings is 1. The van der Waals surface area contributed by atoms with E-state index < -0.39 is 17.4 Å². The minimum atomic E-state index is -0.978. The average Bonchev–Trinajstić information content (AvgIpc) is 2.47. The van der Waals surface area contributed by atoms with Gasteiger partial charge in [-0.05, 0) is 31.0 Å². The van der Waals surface area contributed by atoms with Gasteiger partial charge in [-0.2, -0.15) is 5.26 Å². The summed E-state index contributed by atoms with van der Waals surface area (Å²) in [6.07, 6.45) is 0.741. The van der Waals surface area contributed by atoms with Crippen LogP contribution in [-0.2, 0) is 11.2 Å². The van der Waals surface area contributed by atoms with Gasteiger partial charge in [0.15, 0.2) is 0 Å². The molecule has 1 aromatic carbocycles. The normalized spacial score (nSPS) is 12.8. The first-order valence-electron chi connectivity index (χ1n) is 6.65. The van der Waals surface area contributed by atoms with Crippen LogP contribution in [0.4, 0.5) is 10.5 Å². The molecule has 0 saturated heterocycles. The summed E-state index contributed by atoms with van der Waals surface area (Å²) in [5.41, 5.74) is 0.476. The summed E-state index contributed by atoms with van der Waals surface area (Å²) in [6, 6.07) is 8.49. The minimum Gasteiger partial charge on any atom is -0.481 e. The third-order valence-corrected chi connectivity index (χ3v) is 3.43. The standard InChI is InChI=1S/C15H19N3O3/c1-3-15(2,13(19)20)10-17-14(21)18-12-6-4-11(5-7-12)8-9-16/h4-7H,3,8,10H2,1-2H3,(H,19,20)(H2,17,18,21). The Hall–Kier alpha value is -2.55. The van der Waals surface area contributed by atoms with Crippen molar-refractivity contribution in [3.8, 4) is 6.07 Å². The largest absolute Gasteiger partial charge is 0.481 e. The van der Waals surface area contributed by atoms with Crippen LogP contribution in [0.15, 0.2) is 24.3 Å². The lowest BCUT2D eigenvalue weighted by Crippen LogP contribution is -2.42. The van der Waals surface area contributed by atoms with Crippen LogP contribution in [0.1, 0.15) is 25.8 Å². The van der Waals surface area contributed by atoms with E-state index in [0.717, 1.165) is 5.56 Å². The third kappa shape index (κ3) is 4.80. The summed E-state index contributed by atoms with van der Waals surface area (Å²) >= 11 is 0. The van der Waals surface area contributed by atoms with E-state index in [9.17, 15) is 9.59 Å². The van der Waals surface area contributed by atoms with Crippen LogP contribution in [0.2, 0.25) is 0 Å². The zero-order chi connectivity index (χ0) is 15.9. The molecule has 0 bridgehead atoms. The summed E-state index contributed by atoms with van der Waals surface area (Å²) in [5.74, 6) is -0.939. The maximum atomic E-state index is 11.7. The lowest BCUT2D eigenvalue weighted by atomic mass is 9.88. The number of hydrogen-bond acceptors (Lipinski definition) is 3. The lowest BCUT2D eigenvalue weighted by molar-refractivity contribution is -0.147. The second-order valence-electron chi connectivity index (χ2n) is 5.06. The molecule has 0 heterocycles. The molecule has 1 atom stereocenters. The fourth-order valence-corrected chi connectivity index (χ4v) is 1.60. The minimum absolute atomic E-state index is 0.0528. The summed E-state index contributed by atoms with van der Waals surface area (Å²) < 4.78 is 0. The SMILES string of the molecule is CCC(C)(CNC(=O)Nc1ccc(CC#N)cc1)C(=O)O. The van der Waals surface area contributed by atoms with Gasteiger partial charge in [0.2, 0.25) is 0 Å². The van der Waals surface area contributed by atoms with E-state index in [1.807, 2.05) is 6.07 Å². The van der Waals surface area contributed by atoms with Crippen LogP contribution >= 0.6 is 0 Å². The first-order chi connectivity index (χ1) is 9.91. The first-order valence-corrected chi connectivity index (χ1v) is 6.65. The van der Waals surface area contributed by atoms with Gasteiger partial charge >= 0.3 is 12.0 Å². The molecular weight excluding hydrogens is 270 g/mol. The Bertz CT molecular complexity index is 548. The molecule has 0 aromatic heterocycles. The van der Waals surface area contributed by atoms with Crippen molar-refractivity contribution in [3.63, 3.8) is 0 Å². The van der Waals surface area contributed by atoms with Crippen molar-refractivity contribution in [1.29, 1.82) is 5.26 Å². The van der Waals surface area contributed by atoms with Crippen LogP contribution < -0.4 is 10.6 Å². The molecule has 0 aliphatic heterocycles. The van der Waals surface area contributed by atoms with Crippen LogP contribution in [0.5, 0.6) is 0 Å². The Kier molecular flexibility index (Phi) is 5.73. The number of anilines is 1. The van der Waals surface area contributed by atoms with Crippen molar-refractivity contribution in [3.05, 3.63) is 29.8 Å². The molecule has 6 nitrogen and oxygen atoms in total. The van der Waals surface area contributed by atoms with Crippen LogP contribution in [0.3, 0.4) is 0 Å². The zero-order valence-corrected chi connectivity index (χ0v) is 12.1. The van der Waals surface area contributed by atoms with Crippen molar-refractivity contribution < 1.29 is 14.7 Å². The second-order valence-corrected chi connectivity index (χ2v) is 5.06. The highest BCUT2D eigenvalue weighted by atomic mass is 16.4. The number of carboxylic acid groups (broad SMARTS) is 1. The van der Waals surface area contributed by atoms with Crippen molar-refractivity contribution in [2.24, 2.45) is 5.41 Å². The monoisotopic (exact) mass is 289 g/mol. The van der Waals surface area contributed by atoms with Crippen molar-refractivity contribution in [2.75, 3.05) is 11.9 Å². The van der Waals surface area contributed by atoms with Gasteiger partial charge in [0.05, 0.1) is 17.9 Å². The van der Waals surface area contributed by atoms with E-state index in [1.54, 1.807) is 38.1 Å². The van der Waals surface area contributed by atoms with E-state index in [1.165, 1.54) is 0 Å². The number of carbonyl (C=O) groups is 2. The highest BCUT2D eigenvalue weighted by molar-refractivity contribution is 5.89. The first kappa shape index (κ1) is 16.5. The number of aliphatic carboxylic acids is 1. The van der Waals surface area contributed by atoms with E-state index >= 15 is 0 Å². The van der Waals surface area contributed by atoms with Gasteiger partial charge < -0.3 is 15.7 Å². The number of nitrogens with zero attached hydrogens (tertiary/aromatic N) is 1. The molecule has 0 aliphatic carbocycles. The third-order valence-electron chi connectivity index (χ3n) is 3.43. The Labute approximate surface area is 123 Å². The van der Waals surface area contributed by atoms with Gasteiger partial charge in [-0.25, -0.2) is 4.79 Å². The number of carbonyl (C=O) groups excluding carboxylic acids is 1. The Morgan fingerprint density at radius 1 is 1.33 bits per heavy atom. The van der Waals surface area contributed by atoms with Gasteiger partial charge in [-0.1, -0.05) is 19.1 Å². The number of nitriles is 1. The molecule has 3 N–H and O–H groups in total. The zero-order valence-electron chi connectivity index (χ0n) is 12.1. The second kappa shape index (κ2) is 7.29. The van der Waals surface area contributed by atoms with Gasteiger partial charge in [0, 0.05) is 12.2 Å². The predicted molar refractivity (Wildman–Crippen MR) is 78.8 cm³/mol. The predicted octanol–water partition coefficient (Wildman–Crippen LogP) is 2.38. The summed E-state index contributed by atoms with van der Waals surface area (Å²) in [7, 11) is 0. The molecule has 2 amide bonds. The molecule has 21 heavy (non-hydrogen) atoms. The van der Waals surface area contributed by atoms with E-state index in [0.29, 0.717) is 18.5 Å². The number of carboxylic acids is 1. The van der Waals surface area contributed by atoms with Crippen LogP contribution in [0.25, 0.3) is 0 Å². The van der Waals surface area contributed by atoms with Gasteiger partial charge in [0.1, 0.15) is 0 Å². The number of amides is 2. The molecule has 6 heteroatoms. The van der Waals surface area contributed by atoms with Crippen LogP contribution in [-0.4, -0.2) is 23.7 Å². The fourth-order valence-electron chi connectivity index (χ4n) is 1.60. The molecule has 0 aliphatic rings. The molecule has 0 fully saturated rings. The quantitative estimate of drug-likeness (QED) is 0.748. The molecule has 1 rings (SSSR count). The van der Waals surface area contributed by atoms with Gasteiger partial charge in [0.25, 0.3) is 0 Å². The van der Waals surface area contributed by atoms with Crippen molar-refractivity contribution in [1.82, 2.24) is 5.32 Å². The molecule has 0 saturated carbocycles. The Balaban J connectivity index is 2.54. The lowest BCUT2D eigenvalue weighted by Gasteiger charge is -2.23. The fraction of sp³-hybridized carbons (Fsp3) is 0.400. The van der Waals surface area contributed by atoms with Gasteiger partial charge in [-0.3, -0.25) is 4.79 Å².